The standard InChI is InChI=1S/C31H31F3N2O9/c32-31(33,34)20-44-26-8-4-22(5-9-26)30(39)45-27-6-1-21(2-7-27)3-10-28(37)42-15-13-40-11-12-41-14-16-43-29(38)23-17-24(35)19-25(36)18-23/h1-10,17-19H,11-16,20,35-36H2/b10-3+. The normalized spacial score (nSPS) is 11.3. The van der Waals surface area contributed by atoms with E-state index in [1.807, 2.05) is 0 Å². The molecular formula is C31H31F3N2O9. The first kappa shape index (κ1) is 34.4. The molecule has 0 spiro atoms. The molecule has 240 valence electrons. The van der Waals surface area contributed by atoms with Gasteiger partial charge in [0.1, 0.15) is 24.7 Å². The summed E-state index contributed by atoms with van der Waals surface area (Å²) >= 11 is 0. The van der Waals surface area contributed by atoms with Gasteiger partial charge in [-0.2, -0.15) is 13.2 Å². The van der Waals surface area contributed by atoms with Crippen molar-refractivity contribution < 1.29 is 56.0 Å². The van der Waals surface area contributed by atoms with Crippen LogP contribution in [0.1, 0.15) is 26.3 Å². The minimum absolute atomic E-state index is 0.0223. The number of anilines is 2. The molecule has 0 aromatic heterocycles. The molecule has 0 saturated carbocycles. The number of nitrogens with two attached hydrogens (primary N) is 2. The molecule has 0 aliphatic heterocycles. The highest BCUT2D eigenvalue weighted by Gasteiger charge is 2.28. The summed E-state index contributed by atoms with van der Waals surface area (Å²) in [6.45, 7) is -0.576. The first-order valence-corrected chi connectivity index (χ1v) is 13.4. The van der Waals surface area contributed by atoms with E-state index >= 15 is 0 Å². The Bertz CT molecular complexity index is 1420. The van der Waals surface area contributed by atoms with Gasteiger partial charge in [-0.05, 0) is 66.2 Å². The van der Waals surface area contributed by atoms with E-state index in [0.29, 0.717) is 16.9 Å². The van der Waals surface area contributed by atoms with Crippen molar-refractivity contribution >= 4 is 35.4 Å². The number of halogens is 3. The molecule has 3 rings (SSSR count). The molecule has 4 N–H and O–H groups in total. The average molecular weight is 633 g/mol. The third-order valence-corrected chi connectivity index (χ3v) is 5.51. The fourth-order valence-electron chi connectivity index (χ4n) is 3.47. The average Bonchev–Trinajstić information content (AvgIpc) is 3.00. The van der Waals surface area contributed by atoms with E-state index < -0.39 is 30.7 Å². The minimum Gasteiger partial charge on any atom is -0.484 e. The molecule has 0 atom stereocenters. The number of carbonyl (C=O) groups is 3. The summed E-state index contributed by atoms with van der Waals surface area (Å²) in [4.78, 5) is 36.2. The number of hydrogen-bond donors (Lipinski definition) is 2. The Hall–Kier alpha value is -5.08. The van der Waals surface area contributed by atoms with Crippen molar-refractivity contribution in [3.05, 3.63) is 89.5 Å². The lowest BCUT2D eigenvalue weighted by Crippen LogP contribution is -2.19. The molecular weight excluding hydrogens is 601 g/mol. The second-order valence-electron chi connectivity index (χ2n) is 9.14. The fraction of sp³-hybridized carbons (Fsp3) is 0.258. The van der Waals surface area contributed by atoms with Crippen LogP contribution in [-0.4, -0.2) is 70.3 Å². The van der Waals surface area contributed by atoms with Gasteiger partial charge in [-0.1, -0.05) is 12.1 Å². The Labute approximate surface area is 256 Å². The summed E-state index contributed by atoms with van der Waals surface area (Å²) in [6.07, 6.45) is -1.73. The number of nitrogen functional groups attached to an aromatic ring is 2. The number of hydrogen-bond acceptors (Lipinski definition) is 11. The van der Waals surface area contributed by atoms with E-state index in [-0.39, 0.29) is 62.3 Å². The fourth-order valence-corrected chi connectivity index (χ4v) is 3.47. The largest absolute Gasteiger partial charge is 0.484 e. The quantitative estimate of drug-likeness (QED) is 0.0755. The minimum atomic E-state index is -4.47. The van der Waals surface area contributed by atoms with Gasteiger partial charge in [0.05, 0.1) is 37.6 Å². The molecule has 3 aromatic rings. The lowest BCUT2D eigenvalue weighted by atomic mass is 10.2. The predicted molar refractivity (Wildman–Crippen MR) is 157 cm³/mol. The zero-order valence-electron chi connectivity index (χ0n) is 23.9. The van der Waals surface area contributed by atoms with Crippen LogP contribution in [-0.2, 0) is 23.7 Å². The van der Waals surface area contributed by atoms with E-state index in [9.17, 15) is 27.6 Å². The summed E-state index contributed by atoms with van der Waals surface area (Å²) in [5, 5.41) is 0. The SMILES string of the molecule is Nc1cc(N)cc(C(=O)OCCOCCOCCOC(=O)/C=C/c2ccc(OC(=O)c3ccc(OCC(F)(F)F)cc3)cc2)c1. The lowest BCUT2D eigenvalue weighted by Gasteiger charge is -2.09. The number of alkyl halides is 3. The molecule has 0 heterocycles. The first-order valence-electron chi connectivity index (χ1n) is 13.4. The Morgan fingerprint density at radius 1 is 0.667 bits per heavy atom. The second kappa shape index (κ2) is 17.3. The van der Waals surface area contributed by atoms with E-state index in [2.05, 4.69) is 4.74 Å². The van der Waals surface area contributed by atoms with Gasteiger partial charge >= 0.3 is 24.1 Å². The van der Waals surface area contributed by atoms with Gasteiger partial charge in [-0.15, -0.1) is 0 Å². The summed E-state index contributed by atoms with van der Waals surface area (Å²) in [5.41, 5.74) is 13.0. The second-order valence-corrected chi connectivity index (χ2v) is 9.14. The molecule has 0 aliphatic carbocycles. The van der Waals surface area contributed by atoms with Crippen molar-refractivity contribution in [2.75, 3.05) is 57.7 Å². The number of ether oxygens (including phenoxy) is 6. The molecule has 14 heteroatoms. The number of esters is 3. The monoisotopic (exact) mass is 632 g/mol. The molecule has 0 fully saturated rings. The van der Waals surface area contributed by atoms with Crippen molar-refractivity contribution in [1.29, 1.82) is 0 Å². The van der Waals surface area contributed by atoms with Gasteiger partial charge in [-0.25, -0.2) is 14.4 Å². The van der Waals surface area contributed by atoms with Crippen LogP contribution in [0.15, 0.2) is 72.8 Å². The summed E-state index contributed by atoms with van der Waals surface area (Å²) in [7, 11) is 0. The summed E-state index contributed by atoms with van der Waals surface area (Å²) in [5.74, 6) is -1.67. The van der Waals surface area contributed by atoms with Crippen LogP contribution in [0, 0.1) is 0 Å². The van der Waals surface area contributed by atoms with E-state index in [4.69, 9.17) is 35.2 Å². The van der Waals surface area contributed by atoms with Gasteiger partial charge in [0.2, 0.25) is 0 Å². The van der Waals surface area contributed by atoms with E-state index in [1.165, 1.54) is 66.7 Å². The van der Waals surface area contributed by atoms with Crippen molar-refractivity contribution in [3.8, 4) is 11.5 Å². The van der Waals surface area contributed by atoms with Crippen molar-refractivity contribution in [2.24, 2.45) is 0 Å². The topological polar surface area (TPSA) is 159 Å². The van der Waals surface area contributed by atoms with E-state index in [0.717, 1.165) is 0 Å². The maximum atomic E-state index is 12.3. The van der Waals surface area contributed by atoms with Crippen LogP contribution in [0.4, 0.5) is 24.5 Å². The van der Waals surface area contributed by atoms with Crippen LogP contribution in [0.2, 0.25) is 0 Å². The van der Waals surface area contributed by atoms with Gasteiger partial charge in [-0.3, -0.25) is 0 Å². The molecule has 45 heavy (non-hydrogen) atoms. The molecule has 0 bridgehead atoms. The molecule has 11 nitrogen and oxygen atoms in total. The lowest BCUT2D eigenvalue weighted by molar-refractivity contribution is -0.153. The van der Waals surface area contributed by atoms with Gasteiger partial charge in [0.25, 0.3) is 0 Å². The summed E-state index contributed by atoms with van der Waals surface area (Å²) in [6, 6.07) is 15.8. The van der Waals surface area contributed by atoms with Crippen LogP contribution in [0.3, 0.4) is 0 Å². The molecule has 3 aromatic carbocycles. The Balaban J connectivity index is 1.24. The number of carbonyl (C=O) groups excluding carboxylic acids is 3. The van der Waals surface area contributed by atoms with E-state index in [1.54, 1.807) is 12.1 Å². The molecule has 0 unspecified atom stereocenters. The van der Waals surface area contributed by atoms with Crippen molar-refractivity contribution in [3.63, 3.8) is 0 Å². The third-order valence-electron chi connectivity index (χ3n) is 5.51. The highest BCUT2D eigenvalue weighted by Crippen LogP contribution is 2.20. The highest BCUT2D eigenvalue weighted by atomic mass is 19.4. The zero-order chi connectivity index (χ0) is 32.7. The molecule has 0 radical (unpaired) electrons. The smallest absolute Gasteiger partial charge is 0.422 e. The molecule has 0 aliphatic rings. The highest BCUT2D eigenvalue weighted by molar-refractivity contribution is 5.92. The maximum Gasteiger partial charge on any atom is 0.422 e. The van der Waals surface area contributed by atoms with Gasteiger partial charge < -0.3 is 39.9 Å². The van der Waals surface area contributed by atoms with Crippen LogP contribution < -0.4 is 20.9 Å². The molecule has 0 amide bonds. The first-order chi connectivity index (χ1) is 21.5. The van der Waals surface area contributed by atoms with Gasteiger partial charge in [0.15, 0.2) is 6.61 Å². The Kier molecular flexibility index (Phi) is 13.2. The Morgan fingerprint density at radius 2 is 1.22 bits per heavy atom. The summed E-state index contributed by atoms with van der Waals surface area (Å²) < 4.78 is 67.4. The third kappa shape index (κ3) is 13.4. The Morgan fingerprint density at radius 3 is 1.82 bits per heavy atom. The van der Waals surface area contributed by atoms with Crippen LogP contribution >= 0.6 is 0 Å². The van der Waals surface area contributed by atoms with Crippen molar-refractivity contribution in [2.45, 2.75) is 6.18 Å². The van der Waals surface area contributed by atoms with Gasteiger partial charge in [0, 0.05) is 17.5 Å². The number of rotatable bonds is 16. The molecule has 0 saturated heterocycles. The van der Waals surface area contributed by atoms with Crippen LogP contribution in [0.25, 0.3) is 6.08 Å². The predicted octanol–water partition coefficient (Wildman–Crippen LogP) is 4.46. The maximum absolute atomic E-state index is 12.3. The van der Waals surface area contributed by atoms with Crippen molar-refractivity contribution in [1.82, 2.24) is 0 Å². The van der Waals surface area contributed by atoms with Crippen LogP contribution in [0.5, 0.6) is 11.5 Å². The zero-order valence-corrected chi connectivity index (χ0v) is 23.9. The number of benzene rings is 3.